The Hall–Kier alpha value is -2.42. The van der Waals surface area contributed by atoms with Gasteiger partial charge in [0.15, 0.2) is 11.5 Å². The minimum Gasteiger partial charge on any atom is -0.493 e. The second-order valence-corrected chi connectivity index (χ2v) is 8.63. The molecule has 6 nitrogen and oxygen atoms in total. The van der Waals surface area contributed by atoms with Crippen molar-refractivity contribution in [1.82, 2.24) is 4.90 Å². The van der Waals surface area contributed by atoms with Crippen LogP contribution in [0.5, 0.6) is 11.5 Å². The predicted octanol–water partition coefficient (Wildman–Crippen LogP) is 4.72. The number of ether oxygens (including phenoxy) is 3. The number of nitrogens with zero attached hydrogens (tertiary/aromatic N) is 2. The molecule has 1 aromatic rings. The molecule has 6 heteroatoms. The number of nitriles is 1. The highest BCUT2D eigenvalue weighted by atomic mass is 16.6. The number of benzene rings is 1. The van der Waals surface area contributed by atoms with Gasteiger partial charge in [-0.15, -0.1) is 0 Å². The van der Waals surface area contributed by atoms with E-state index in [1.165, 1.54) is 6.42 Å². The van der Waals surface area contributed by atoms with Crippen LogP contribution < -0.4 is 9.47 Å². The molecule has 0 unspecified atom stereocenters. The first-order chi connectivity index (χ1) is 13.9. The highest BCUT2D eigenvalue weighted by Crippen LogP contribution is 2.39. The number of carbonyl (C=O) groups is 1. The van der Waals surface area contributed by atoms with Crippen molar-refractivity contribution in [2.75, 3.05) is 20.8 Å². The fourth-order valence-electron chi connectivity index (χ4n) is 4.73. The number of rotatable bonds is 4. The van der Waals surface area contributed by atoms with Crippen LogP contribution in [-0.4, -0.2) is 37.9 Å². The second-order valence-electron chi connectivity index (χ2n) is 8.63. The van der Waals surface area contributed by atoms with E-state index in [4.69, 9.17) is 14.2 Å². The predicted molar refractivity (Wildman–Crippen MR) is 110 cm³/mol. The lowest BCUT2D eigenvalue weighted by Crippen LogP contribution is -2.44. The third kappa shape index (κ3) is 4.29. The summed E-state index contributed by atoms with van der Waals surface area (Å²) in [6, 6.07) is 5.31. The molecule has 1 fully saturated rings. The van der Waals surface area contributed by atoms with E-state index in [1.54, 1.807) is 25.2 Å². The molecule has 0 spiro atoms. The molecule has 29 heavy (non-hydrogen) atoms. The van der Waals surface area contributed by atoms with Gasteiger partial charge in [0, 0.05) is 6.54 Å². The van der Waals surface area contributed by atoms with E-state index >= 15 is 0 Å². The summed E-state index contributed by atoms with van der Waals surface area (Å²) in [7, 11) is 3.16. The van der Waals surface area contributed by atoms with E-state index in [-0.39, 0.29) is 12.2 Å². The lowest BCUT2D eigenvalue weighted by molar-refractivity contribution is -0.0138. The van der Waals surface area contributed by atoms with Crippen LogP contribution in [0.25, 0.3) is 0 Å². The number of methoxy groups -OCH3 is 2. The third-order valence-electron chi connectivity index (χ3n) is 6.44. The molecule has 0 saturated heterocycles. The van der Waals surface area contributed by atoms with E-state index in [9.17, 15) is 10.1 Å². The van der Waals surface area contributed by atoms with Gasteiger partial charge in [-0.2, -0.15) is 5.26 Å². The molecule has 1 aliphatic carbocycles. The number of hydrogen-bond acceptors (Lipinski definition) is 5. The number of amides is 1. The molecule has 4 atom stereocenters. The Morgan fingerprint density at radius 3 is 2.52 bits per heavy atom. The SMILES string of the molecule is COc1cc2c(cc1OC)[C@@H](C#N)N(C(=O)O[C@@H]1C[C@H](C)CC[C@H]1C(C)C)CC2. The molecular weight excluding hydrogens is 368 g/mol. The van der Waals surface area contributed by atoms with E-state index in [0.29, 0.717) is 42.2 Å². The maximum absolute atomic E-state index is 13.1. The van der Waals surface area contributed by atoms with Crippen LogP contribution in [0.15, 0.2) is 12.1 Å². The van der Waals surface area contributed by atoms with Gasteiger partial charge in [-0.3, -0.25) is 4.90 Å². The van der Waals surface area contributed by atoms with Crippen molar-refractivity contribution in [2.24, 2.45) is 17.8 Å². The maximum Gasteiger partial charge on any atom is 0.411 e. The van der Waals surface area contributed by atoms with E-state index in [1.807, 2.05) is 6.07 Å². The first-order valence-electron chi connectivity index (χ1n) is 10.5. The summed E-state index contributed by atoms with van der Waals surface area (Å²) in [5.74, 6) is 2.58. The van der Waals surface area contributed by atoms with Gasteiger partial charge in [0.2, 0.25) is 0 Å². The summed E-state index contributed by atoms with van der Waals surface area (Å²) >= 11 is 0. The van der Waals surface area contributed by atoms with E-state index in [2.05, 4.69) is 26.8 Å². The third-order valence-corrected chi connectivity index (χ3v) is 6.44. The van der Waals surface area contributed by atoms with Crippen LogP contribution in [0.4, 0.5) is 4.79 Å². The van der Waals surface area contributed by atoms with Gasteiger partial charge in [-0.1, -0.05) is 27.2 Å². The lowest BCUT2D eigenvalue weighted by Gasteiger charge is -2.39. The summed E-state index contributed by atoms with van der Waals surface area (Å²) in [6.45, 7) is 7.05. The van der Waals surface area contributed by atoms with Crippen molar-refractivity contribution in [3.05, 3.63) is 23.3 Å². The van der Waals surface area contributed by atoms with E-state index < -0.39 is 6.04 Å². The quantitative estimate of drug-likeness (QED) is 0.731. The molecule has 158 valence electrons. The van der Waals surface area contributed by atoms with Crippen molar-refractivity contribution in [3.8, 4) is 17.6 Å². The van der Waals surface area contributed by atoms with Crippen molar-refractivity contribution in [1.29, 1.82) is 5.26 Å². The first kappa shape index (κ1) is 21.3. The Morgan fingerprint density at radius 1 is 1.21 bits per heavy atom. The molecule has 0 bridgehead atoms. The van der Waals surface area contributed by atoms with E-state index in [0.717, 1.165) is 24.0 Å². The Labute approximate surface area is 173 Å². The smallest absolute Gasteiger partial charge is 0.411 e. The Balaban J connectivity index is 1.82. The van der Waals surface area contributed by atoms with Crippen molar-refractivity contribution in [3.63, 3.8) is 0 Å². The average Bonchev–Trinajstić information content (AvgIpc) is 2.71. The molecule has 0 N–H and O–H groups in total. The lowest BCUT2D eigenvalue weighted by atomic mass is 9.75. The number of carbonyl (C=O) groups excluding carboxylic acids is 1. The fraction of sp³-hybridized carbons (Fsp3) is 0.652. The summed E-state index contributed by atoms with van der Waals surface area (Å²) in [5, 5.41) is 9.86. The van der Waals surface area contributed by atoms with Crippen LogP contribution >= 0.6 is 0 Å². The molecule has 2 aliphatic rings. The zero-order valence-electron chi connectivity index (χ0n) is 18.1. The molecule has 1 aromatic carbocycles. The summed E-state index contributed by atoms with van der Waals surface area (Å²) in [6.07, 6.45) is 3.33. The molecule has 1 heterocycles. The first-order valence-corrected chi connectivity index (χ1v) is 10.5. The average molecular weight is 401 g/mol. The molecule has 3 rings (SSSR count). The van der Waals surface area contributed by atoms with Crippen LogP contribution in [0.1, 0.15) is 57.2 Å². The topological polar surface area (TPSA) is 71.8 Å². The summed E-state index contributed by atoms with van der Waals surface area (Å²) in [4.78, 5) is 14.7. The van der Waals surface area contributed by atoms with Crippen molar-refractivity contribution >= 4 is 6.09 Å². The monoisotopic (exact) mass is 400 g/mol. The molecule has 1 amide bonds. The Kier molecular flexibility index (Phi) is 6.56. The fourth-order valence-corrected chi connectivity index (χ4v) is 4.73. The normalized spacial score (nSPS) is 26.4. The Morgan fingerprint density at radius 2 is 1.90 bits per heavy atom. The van der Waals surface area contributed by atoms with Gasteiger partial charge in [-0.25, -0.2) is 4.79 Å². The zero-order chi connectivity index (χ0) is 21.1. The summed E-state index contributed by atoms with van der Waals surface area (Å²) < 4.78 is 16.8. The van der Waals surface area contributed by atoms with Crippen LogP contribution in [0.2, 0.25) is 0 Å². The van der Waals surface area contributed by atoms with Crippen molar-refractivity contribution < 1.29 is 19.0 Å². The second kappa shape index (κ2) is 8.94. The van der Waals surface area contributed by atoms with Gasteiger partial charge >= 0.3 is 6.09 Å². The number of hydrogen-bond donors (Lipinski definition) is 0. The highest BCUT2D eigenvalue weighted by Gasteiger charge is 2.38. The Bertz CT molecular complexity index is 786. The minimum absolute atomic E-state index is 0.0857. The summed E-state index contributed by atoms with van der Waals surface area (Å²) in [5.41, 5.74) is 1.79. The highest BCUT2D eigenvalue weighted by molar-refractivity contribution is 5.70. The molecule has 0 aromatic heterocycles. The molecular formula is C23H32N2O4. The van der Waals surface area contributed by atoms with Crippen LogP contribution in [-0.2, 0) is 11.2 Å². The van der Waals surface area contributed by atoms with Gasteiger partial charge < -0.3 is 14.2 Å². The number of fused-ring (bicyclic) bond motifs is 1. The molecule has 1 saturated carbocycles. The minimum atomic E-state index is -0.690. The van der Waals surface area contributed by atoms with Gasteiger partial charge in [0.1, 0.15) is 12.1 Å². The van der Waals surface area contributed by atoms with Gasteiger partial charge in [-0.05, 0) is 60.3 Å². The van der Waals surface area contributed by atoms with Crippen LogP contribution in [0, 0.1) is 29.1 Å². The molecule has 0 radical (unpaired) electrons. The molecule has 1 aliphatic heterocycles. The maximum atomic E-state index is 13.1. The van der Waals surface area contributed by atoms with Gasteiger partial charge in [0.25, 0.3) is 0 Å². The largest absolute Gasteiger partial charge is 0.493 e. The van der Waals surface area contributed by atoms with Crippen molar-refractivity contribution in [2.45, 2.75) is 58.6 Å². The van der Waals surface area contributed by atoms with Crippen LogP contribution in [0.3, 0.4) is 0 Å². The zero-order valence-corrected chi connectivity index (χ0v) is 18.1. The standard InChI is InChI=1S/C23H32N2O4/c1-14(2)17-7-6-15(3)10-20(17)29-23(26)25-9-8-16-11-21(27-4)22(28-5)12-18(16)19(25)13-24/h11-12,14-15,17,19-20H,6-10H2,1-5H3/t15-,17+,19-,20-/m1/s1. The van der Waals surface area contributed by atoms with Gasteiger partial charge in [0.05, 0.1) is 20.3 Å².